The van der Waals surface area contributed by atoms with Crippen LogP contribution in [0.25, 0.3) is 0 Å². The number of esters is 1. The Bertz CT molecular complexity index is 549. The van der Waals surface area contributed by atoms with Crippen molar-refractivity contribution in [3.63, 3.8) is 0 Å². The van der Waals surface area contributed by atoms with Crippen LogP contribution in [0.5, 0.6) is 5.75 Å². The van der Waals surface area contributed by atoms with Crippen LogP contribution in [0.1, 0.15) is 23.0 Å². The van der Waals surface area contributed by atoms with E-state index in [1.807, 2.05) is 0 Å². The first-order valence-corrected chi connectivity index (χ1v) is 5.94. The molecule has 0 aliphatic heterocycles. The van der Waals surface area contributed by atoms with E-state index in [0.717, 1.165) is 5.69 Å². The Balaban J connectivity index is 1.93. The summed E-state index contributed by atoms with van der Waals surface area (Å²) in [5.41, 5.74) is 1.26. The van der Waals surface area contributed by atoms with Gasteiger partial charge in [0.2, 0.25) is 0 Å². The summed E-state index contributed by atoms with van der Waals surface area (Å²) < 4.78 is 12.0. The fourth-order valence-electron chi connectivity index (χ4n) is 1.52. The number of carbonyl (C=O) groups excluding carboxylic acids is 1. The zero-order valence-corrected chi connectivity index (χ0v) is 10.9. The van der Waals surface area contributed by atoms with E-state index in [0.29, 0.717) is 24.5 Å². The minimum atomic E-state index is -0.331. The van der Waals surface area contributed by atoms with E-state index in [1.54, 1.807) is 49.1 Å². The summed E-state index contributed by atoms with van der Waals surface area (Å²) in [6.45, 7) is 2.48. The average Bonchev–Trinajstić information content (AvgIpc) is 2.83. The Morgan fingerprint density at radius 2 is 2.05 bits per heavy atom. The highest BCUT2D eigenvalue weighted by Gasteiger charge is 2.06. The molecule has 100 valence electrons. The predicted molar refractivity (Wildman–Crippen MR) is 67.7 cm³/mol. The lowest BCUT2D eigenvalue weighted by Gasteiger charge is -2.05. The monoisotopic (exact) mass is 261 g/mol. The molecule has 1 aromatic heterocycles. The number of benzene rings is 1. The van der Waals surface area contributed by atoms with Gasteiger partial charge < -0.3 is 9.47 Å². The third kappa shape index (κ3) is 3.54. The lowest BCUT2D eigenvalue weighted by molar-refractivity contribution is 0.0526. The SMILES string of the molecule is CCOC(=O)c1ccc(OCc2cn(C)nn2)cc1. The van der Waals surface area contributed by atoms with Crippen LogP contribution in [0.3, 0.4) is 0 Å². The molecular weight excluding hydrogens is 246 g/mol. The molecule has 6 heteroatoms. The molecule has 0 fully saturated rings. The molecule has 2 rings (SSSR count). The smallest absolute Gasteiger partial charge is 0.338 e. The first-order chi connectivity index (χ1) is 9.19. The molecular formula is C13H15N3O3. The van der Waals surface area contributed by atoms with E-state index < -0.39 is 0 Å². The number of ether oxygens (including phenoxy) is 2. The van der Waals surface area contributed by atoms with Crippen molar-refractivity contribution < 1.29 is 14.3 Å². The van der Waals surface area contributed by atoms with Gasteiger partial charge in [-0.05, 0) is 31.2 Å². The molecule has 6 nitrogen and oxygen atoms in total. The van der Waals surface area contributed by atoms with Gasteiger partial charge in [-0.2, -0.15) is 0 Å². The van der Waals surface area contributed by atoms with Gasteiger partial charge in [0.05, 0.1) is 18.4 Å². The summed E-state index contributed by atoms with van der Waals surface area (Å²) >= 11 is 0. The first-order valence-electron chi connectivity index (χ1n) is 5.94. The van der Waals surface area contributed by atoms with E-state index in [1.165, 1.54) is 0 Å². The summed E-state index contributed by atoms with van der Waals surface area (Å²) in [6.07, 6.45) is 1.78. The van der Waals surface area contributed by atoms with Gasteiger partial charge in [-0.3, -0.25) is 4.68 Å². The highest BCUT2D eigenvalue weighted by molar-refractivity contribution is 5.89. The highest BCUT2D eigenvalue weighted by atomic mass is 16.5. The van der Waals surface area contributed by atoms with Crippen LogP contribution in [0, 0.1) is 0 Å². The summed E-state index contributed by atoms with van der Waals surface area (Å²) in [6, 6.07) is 6.79. The van der Waals surface area contributed by atoms with Crippen molar-refractivity contribution >= 4 is 5.97 Å². The highest BCUT2D eigenvalue weighted by Crippen LogP contribution is 2.14. The Kier molecular flexibility index (Phi) is 4.12. The molecule has 0 unspecified atom stereocenters. The second kappa shape index (κ2) is 5.99. The van der Waals surface area contributed by atoms with E-state index in [-0.39, 0.29) is 5.97 Å². The third-order valence-corrected chi connectivity index (χ3v) is 2.40. The fourth-order valence-corrected chi connectivity index (χ4v) is 1.52. The normalized spacial score (nSPS) is 10.2. The number of carbonyl (C=O) groups is 1. The largest absolute Gasteiger partial charge is 0.487 e. The van der Waals surface area contributed by atoms with Gasteiger partial charge in [0, 0.05) is 7.05 Å². The lowest BCUT2D eigenvalue weighted by Crippen LogP contribution is -2.04. The predicted octanol–water partition coefficient (Wildman–Crippen LogP) is 1.57. The maximum Gasteiger partial charge on any atom is 0.338 e. The Hall–Kier alpha value is -2.37. The molecule has 0 amide bonds. The molecule has 0 radical (unpaired) electrons. The first kappa shape index (κ1) is 13.1. The zero-order valence-electron chi connectivity index (χ0n) is 10.9. The van der Waals surface area contributed by atoms with Gasteiger partial charge >= 0.3 is 5.97 Å². The topological polar surface area (TPSA) is 66.2 Å². The van der Waals surface area contributed by atoms with Gasteiger partial charge in [0.25, 0.3) is 0 Å². The van der Waals surface area contributed by atoms with Crippen molar-refractivity contribution in [2.24, 2.45) is 7.05 Å². The number of aryl methyl sites for hydroxylation is 1. The molecule has 1 aromatic carbocycles. The van der Waals surface area contributed by atoms with Crippen LogP contribution in [-0.4, -0.2) is 27.6 Å². The average molecular weight is 261 g/mol. The van der Waals surface area contributed by atoms with Crippen molar-refractivity contribution in [2.45, 2.75) is 13.5 Å². The number of rotatable bonds is 5. The van der Waals surface area contributed by atoms with Gasteiger partial charge in [0.15, 0.2) is 0 Å². The van der Waals surface area contributed by atoms with E-state index >= 15 is 0 Å². The molecule has 0 atom stereocenters. The number of hydrogen-bond acceptors (Lipinski definition) is 5. The lowest BCUT2D eigenvalue weighted by atomic mass is 10.2. The van der Waals surface area contributed by atoms with Crippen LogP contribution in [0.4, 0.5) is 0 Å². The summed E-state index contributed by atoms with van der Waals surface area (Å²) in [5.74, 6) is 0.335. The van der Waals surface area contributed by atoms with Gasteiger partial charge in [-0.15, -0.1) is 5.10 Å². The van der Waals surface area contributed by atoms with Crippen LogP contribution in [-0.2, 0) is 18.4 Å². The minimum Gasteiger partial charge on any atom is -0.487 e. The van der Waals surface area contributed by atoms with E-state index in [2.05, 4.69) is 10.3 Å². The minimum absolute atomic E-state index is 0.331. The van der Waals surface area contributed by atoms with Crippen LogP contribution in [0.2, 0.25) is 0 Å². The molecule has 0 aliphatic carbocycles. The van der Waals surface area contributed by atoms with Crippen LogP contribution in [0.15, 0.2) is 30.5 Å². The number of nitrogens with zero attached hydrogens (tertiary/aromatic N) is 3. The van der Waals surface area contributed by atoms with E-state index in [4.69, 9.17) is 9.47 Å². The van der Waals surface area contributed by atoms with Gasteiger partial charge in [0.1, 0.15) is 18.1 Å². The van der Waals surface area contributed by atoms with Crippen molar-refractivity contribution in [3.8, 4) is 5.75 Å². The van der Waals surface area contributed by atoms with Crippen LogP contribution < -0.4 is 4.74 Å². The molecule has 0 spiro atoms. The van der Waals surface area contributed by atoms with E-state index in [9.17, 15) is 4.79 Å². The Morgan fingerprint density at radius 1 is 1.32 bits per heavy atom. The quantitative estimate of drug-likeness (QED) is 0.764. The second-order valence-electron chi connectivity index (χ2n) is 3.92. The molecule has 1 heterocycles. The maximum atomic E-state index is 11.5. The summed E-state index contributed by atoms with van der Waals surface area (Å²) in [4.78, 5) is 11.5. The van der Waals surface area contributed by atoms with Crippen molar-refractivity contribution in [2.75, 3.05) is 6.61 Å². The molecule has 0 aliphatic rings. The van der Waals surface area contributed by atoms with Crippen molar-refractivity contribution in [3.05, 3.63) is 41.7 Å². The van der Waals surface area contributed by atoms with Crippen molar-refractivity contribution in [1.29, 1.82) is 0 Å². The number of aromatic nitrogens is 3. The number of hydrogen-bond donors (Lipinski definition) is 0. The molecule has 0 N–H and O–H groups in total. The summed E-state index contributed by atoms with van der Waals surface area (Å²) in [7, 11) is 1.80. The Labute approximate surface area is 110 Å². The fraction of sp³-hybridized carbons (Fsp3) is 0.308. The van der Waals surface area contributed by atoms with Gasteiger partial charge in [-0.1, -0.05) is 5.21 Å². The third-order valence-electron chi connectivity index (χ3n) is 2.40. The van der Waals surface area contributed by atoms with Gasteiger partial charge in [-0.25, -0.2) is 4.79 Å². The van der Waals surface area contributed by atoms with Crippen molar-refractivity contribution in [1.82, 2.24) is 15.0 Å². The molecule has 19 heavy (non-hydrogen) atoms. The second-order valence-corrected chi connectivity index (χ2v) is 3.92. The Morgan fingerprint density at radius 3 is 2.63 bits per heavy atom. The molecule has 0 saturated heterocycles. The van der Waals surface area contributed by atoms with Crippen LogP contribution >= 0.6 is 0 Å². The molecule has 0 bridgehead atoms. The maximum absolute atomic E-state index is 11.5. The zero-order chi connectivity index (χ0) is 13.7. The molecule has 2 aromatic rings. The summed E-state index contributed by atoms with van der Waals surface area (Å²) in [5, 5.41) is 7.73. The molecule has 0 saturated carbocycles. The standard InChI is InChI=1S/C13H15N3O3/c1-3-18-13(17)10-4-6-12(7-5-10)19-9-11-8-16(2)15-14-11/h4-8H,3,9H2,1-2H3.